The third-order valence-corrected chi connectivity index (χ3v) is 3.42. The summed E-state index contributed by atoms with van der Waals surface area (Å²) in [5.74, 6) is -0.170. The molecule has 0 atom stereocenters. The van der Waals surface area contributed by atoms with Gasteiger partial charge in [-0.1, -0.05) is 27.5 Å². The van der Waals surface area contributed by atoms with Crippen LogP contribution in [0.5, 0.6) is 0 Å². The fourth-order valence-electron chi connectivity index (χ4n) is 1.76. The predicted octanol–water partition coefficient (Wildman–Crippen LogP) is 3.31. The van der Waals surface area contributed by atoms with Gasteiger partial charge in [0.2, 0.25) is 0 Å². The van der Waals surface area contributed by atoms with Crippen LogP contribution in [0.4, 0.5) is 0 Å². The van der Waals surface area contributed by atoms with Crippen LogP contribution in [0.1, 0.15) is 18.4 Å². The van der Waals surface area contributed by atoms with Gasteiger partial charge in [0.15, 0.2) is 0 Å². The Morgan fingerprint density at radius 3 is 2.60 bits per heavy atom. The molecule has 0 radical (unpaired) electrons. The summed E-state index contributed by atoms with van der Waals surface area (Å²) in [5, 5.41) is 0.634. The Labute approximate surface area is 102 Å². The Bertz CT molecular complexity index is 393. The fourth-order valence-corrected chi connectivity index (χ4v) is 2.62. The number of rotatable bonds is 2. The highest BCUT2D eigenvalue weighted by Gasteiger charge is 2.52. The molecule has 1 saturated carbocycles. The second kappa shape index (κ2) is 3.80. The Balaban J connectivity index is 2.41. The van der Waals surface area contributed by atoms with Gasteiger partial charge in [-0.05, 0) is 36.6 Å². The van der Waals surface area contributed by atoms with Crippen LogP contribution in [0.15, 0.2) is 22.7 Å². The van der Waals surface area contributed by atoms with E-state index in [1.807, 2.05) is 12.1 Å². The Morgan fingerprint density at radius 1 is 1.47 bits per heavy atom. The van der Waals surface area contributed by atoms with Gasteiger partial charge >= 0.3 is 5.97 Å². The second-order valence-corrected chi connectivity index (χ2v) is 5.08. The van der Waals surface area contributed by atoms with Crippen molar-refractivity contribution in [3.8, 4) is 0 Å². The van der Waals surface area contributed by atoms with Gasteiger partial charge in [-0.2, -0.15) is 0 Å². The summed E-state index contributed by atoms with van der Waals surface area (Å²) in [6.07, 6.45) is 1.68. The monoisotopic (exact) mass is 288 g/mol. The normalized spacial score (nSPS) is 17.3. The van der Waals surface area contributed by atoms with Gasteiger partial charge in [-0.15, -0.1) is 0 Å². The maximum Gasteiger partial charge on any atom is 0.316 e. The third-order valence-electron chi connectivity index (χ3n) is 2.74. The van der Waals surface area contributed by atoms with Gasteiger partial charge in [0.25, 0.3) is 0 Å². The van der Waals surface area contributed by atoms with Gasteiger partial charge in [0.1, 0.15) is 0 Å². The van der Waals surface area contributed by atoms with E-state index in [4.69, 9.17) is 16.3 Å². The molecule has 1 aliphatic rings. The van der Waals surface area contributed by atoms with E-state index in [1.165, 1.54) is 7.11 Å². The first kappa shape index (κ1) is 11.0. The van der Waals surface area contributed by atoms with Crippen molar-refractivity contribution < 1.29 is 9.53 Å². The van der Waals surface area contributed by atoms with Gasteiger partial charge < -0.3 is 4.74 Å². The van der Waals surface area contributed by atoms with Crippen molar-refractivity contribution in [1.29, 1.82) is 0 Å². The zero-order valence-corrected chi connectivity index (χ0v) is 10.6. The minimum absolute atomic E-state index is 0.170. The molecule has 15 heavy (non-hydrogen) atoms. The van der Waals surface area contributed by atoms with Gasteiger partial charge in [-0.25, -0.2) is 0 Å². The number of ether oxygens (including phenoxy) is 1. The lowest BCUT2D eigenvalue weighted by atomic mass is 9.96. The second-order valence-electron chi connectivity index (χ2n) is 3.73. The maximum absolute atomic E-state index is 11.6. The molecule has 1 fully saturated rings. The molecule has 1 aromatic carbocycles. The summed E-state index contributed by atoms with van der Waals surface area (Å²) in [6, 6.07) is 5.56. The van der Waals surface area contributed by atoms with Crippen LogP contribution in [0.25, 0.3) is 0 Å². The van der Waals surface area contributed by atoms with E-state index < -0.39 is 5.41 Å². The molecule has 0 aliphatic heterocycles. The van der Waals surface area contributed by atoms with E-state index >= 15 is 0 Å². The Morgan fingerprint density at radius 2 is 2.13 bits per heavy atom. The van der Waals surface area contributed by atoms with Gasteiger partial charge in [-0.3, -0.25) is 4.79 Å². The highest BCUT2D eigenvalue weighted by molar-refractivity contribution is 9.10. The van der Waals surface area contributed by atoms with E-state index in [9.17, 15) is 4.79 Å². The first-order valence-corrected chi connectivity index (χ1v) is 5.80. The average Bonchev–Trinajstić information content (AvgIpc) is 2.96. The van der Waals surface area contributed by atoms with E-state index in [0.29, 0.717) is 5.02 Å². The van der Waals surface area contributed by atoms with E-state index in [-0.39, 0.29) is 5.97 Å². The SMILES string of the molecule is COC(=O)C1(c2cc(Cl)cc(Br)c2)CC1. The fraction of sp³-hybridized carbons (Fsp3) is 0.364. The number of methoxy groups -OCH3 is 1. The summed E-state index contributed by atoms with van der Waals surface area (Å²) in [4.78, 5) is 11.6. The van der Waals surface area contributed by atoms with Crippen molar-refractivity contribution in [2.45, 2.75) is 18.3 Å². The van der Waals surface area contributed by atoms with E-state index in [1.54, 1.807) is 6.07 Å². The topological polar surface area (TPSA) is 26.3 Å². The minimum Gasteiger partial charge on any atom is -0.468 e. The van der Waals surface area contributed by atoms with Crippen LogP contribution in [0, 0.1) is 0 Å². The van der Waals surface area contributed by atoms with Gasteiger partial charge in [0.05, 0.1) is 12.5 Å². The highest BCUT2D eigenvalue weighted by Crippen LogP contribution is 2.50. The number of carbonyl (C=O) groups excluding carboxylic acids is 1. The zero-order valence-electron chi connectivity index (χ0n) is 8.22. The molecule has 0 amide bonds. The molecular weight excluding hydrogens is 279 g/mol. The largest absolute Gasteiger partial charge is 0.468 e. The molecule has 0 saturated heterocycles. The summed E-state index contributed by atoms with van der Waals surface area (Å²) >= 11 is 9.32. The quantitative estimate of drug-likeness (QED) is 0.781. The standard InChI is InChI=1S/C11H10BrClO2/c1-15-10(14)11(2-3-11)7-4-8(12)6-9(13)5-7/h4-6H,2-3H2,1H3. The van der Waals surface area contributed by atoms with Crippen LogP contribution >= 0.6 is 27.5 Å². The maximum atomic E-state index is 11.6. The number of hydrogen-bond acceptors (Lipinski definition) is 2. The minimum atomic E-state index is -0.442. The van der Waals surface area contributed by atoms with Crippen molar-refractivity contribution in [3.63, 3.8) is 0 Å². The molecule has 0 spiro atoms. The molecule has 0 unspecified atom stereocenters. The number of halogens is 2. The summed E-state index contributed by atoms with van der Waals surface area (Å²) < 4.78 is 5.70. The summed E-state index contributed by atoms with van der Waals surface area (Å²) in [6.45, 7) is 0. The lowest BCUT2D eigenvalue weighted by molar-refractivity contribution is -0.143. The lowest BCUT2D eigenvalue weighted by Crippen LogP contribution is -2.21. The van der Waals surface area contributed by atoms with Gasteiger partial charge in [0, 0.05) is 9.50 Å². The molecule has 4 heteroatoms. The van der Waals surface area contributed by atoms with E-state index in [2.05, 4.69) is 15.9 Å². The van der Waals surface area contributed by atoms with Crippen LogP contribution in [0.3, 0.4) is 0 Å². The predicted molar refractivity (Wildman–Crippen MR) is 62.1 cm³/mol. The molecule has 2 rings (SSSR count). The summed E-state index contributed by atoms with van der Waals surface area (Å²) in [5.41, 5.74) is 0.496. The average molecular weight is 290 g/mol. The molecular formula is C11H10BrClO2. The Hall–Kier alpha value is -0.540. The summed E-state index contributed by atoms with van der Waals surface area (Å²) in [7, 11) is 1.42. The van der Waals surface area contributed by atoms with Crippen molar-refractivity contribution in [3.05, 3.63) is 33.3 Å². The number of benzene rings is 1. The smallest absolute Gasteiger partial charge is 0.316 e. The molecule has 0 bridgehead atoms. The molecule has 1 aromatic rings. The van der Waals surface area contributed by atoms with Crippen molar-refractivity contribution in [2.75, 3.05) is 7.11 Å². The van der Waals surface area contributed by atoms with Crippen LogP contribution in [-0.4, -0.2) is 13.1 Å². The van der Waals surface area contributed by atoms with E-state index in [0.717, 1.165) is 22.9 Å². The molecule has 0 aromatic heterocycles. The first-order chi connectivity index (χ1) is 7.08. The van der Waals surface area contributed by atoms with Crippen LogP contribution in [-0.2, 0) is 14.9 Å². The molecule has 2 nitrogen and oxygen atoms in total. The first-order valence-electron chi connectivity index (χ1n) is 4.63. The molecule has 0 heterocycles. The molecule has 1 aliphatic carbocycles. The van der Waals surface area contributed by atoms with Crippen LogP contribution < -0.4 is 0 Å². The number of hydrogen-bond donors (Lipinski definition) is 0. The number of esters is 1. The van der Waals surface area contributed by atoms with Crippen molar-refractivity contribution in [1.82, 2.24) is 0 Å². The zero-order chi connectivity index (χ0) is 11.1. The highest BCUT2D eigenvalue weighted by atomic mass is 79.9. The Kier molecular flexibility index (Phi) is 2.77. The third kappa shape index (κ3) is 1.91. The van der Waals surface area contributed by atoms with Crippen molar-refractivity contribution >= 4 is 33.5 Å². The lowest BCUT2D eigenvalue weighted by Gasteiger charge is -2.13. The number of carbonyl (C=O) groups is 1. The van der Waals surface area contributed by atoms with Crippen LogP contribution in [0.2, 0.25) is 5.02 Å². The molecule has 80 valence electrons. The van der Waals surface area contributed by atoms with Crippen molar-refractivity contribution in [2.24, 2.45) is 0 Å². The molecule has 0 N–H and O–H groups in total.